The lowest BCUT2D eigenvalue weighted by atomic mass is 10.2. The lowest BCUT2D eigenvalue weighted by Crippen LogP contribution is -2.15. The Kier molecular flexibility index (Phi) is 4.57. The van der Waals surface area contributed by atoms with Crippen molar-refractivity contribution in [1.29, 1.82) is 0 Å². The van der Waals surface area contributed by atoms with Crippen LogP contribution in [-0.4, -0.2) is 21.0 Å². The van der Waals surface area contributed by atoms with Crippen LogP contribution in [0.2, 0.25) is 0 Å². The molecule has 21 heavy (non-hydrogen) atoms. The molecule has 0 radical (unpaired) electrons. The maximum atomic E-state index is 11.9. The molecular formula is C15H13N3OS2. The molecule has 3 rings (SSSR count). The molecule has 1 N–H and O–H groups in total. The van der Waals surface area contributed by atoms with E-state index in [0.717, 1.165) is 21.5 Å². The highest BCUT2D eigenvalue weighted by Gasteiger charge is 2.14. The topological polar surface area (TPSA) is 54.4 Å². The molecule has 6 heteroatoms. The van der Waals surface area contributed by atoms with E-state index in [9.17, 15) is 4.79 Å². The molecule has 2 aromatic rings. The van der Waals surface area contributed by atoms with Gasteiger partial charge in [-0.1, -0.05) is 41.7 Å². The van der Waals surface area contributed by atoms with Gasteiger partial charge < -0.3 is 5.32 Å². The second kappa shape index (κ2) is 6.78. The van der Waals surface area contributed by atoms with E-state index in [1.807, 2.05) is 18.2 Å². The molecule has 2 heterocycles. The fourth-order valence-electron chi connectivity index (χ4n) is 1.85. The van der Waals surface area contributed by atoms with E-state index in [4.69, 9.17) is 0 Å². The summed E-state index contributed by atoms with van der Waals surface area (Å²) in [6.07, 6.45) is 3.31. The first-order chi connectivity index (χ1) is 10.3. The Balaban J connectivity index is 1.56. The van der Waals surface area contributed by atoms with E-state index >= 15 is 0 Å². The van der Waals surface area contributed by atoms with Crippen LogP contribution in [0.25, 0.3) is 0 Å². The van der Waals surface area contributed by atoms with Crippen LogP contribution in [0.15, 0.2) is 53.8 Å². The van der Waals surface area contributed by atoms with Crippen molar-refractivity contribution >= 4 is 45.2 Å². The second-order valence-corrected chi connectivity index (χ2v) is 6.55. The summed E-state index contributed by atoms with van der Waals surface area (Å²) in [6.45, 7) is 0. The maximum Gasteiger partial charge on any atom is 0.234 e. The quantitative estimate of drug-likeness (QED) is 0.938. The first-order valence-corrected chi connectivity index (χ1v) is 8.40. The number of thioether (sulfide) groups is 2. The normalized spacial score (nSPS) is 13.2. The minimum absolute atomic E-state index is 0.0339. The number of aliphatic imine (C=N–C) groups is 1. The highest BCUT2D eigenvalue weighted by atomic mass is 32.2. The number of amides is 1. The van der Waals surface area contributed by atoms with Crippen molar-refractivity contribution in [2.45, 2.75) is 5.75 Å². The van der Waals surface area contributed by atoms with E-state index in [1.165, 1.54) is 17.3 Å². The third-order valence-corrected chi connectivity index (χ3v) is 5.09. The van der Waals surface area contributed by atoms with E-state index in [0.29, 0.717) is 5.75 Å². The molecule has 0 unspecified atom stereocenters. The molecule has 0 saturated carbocycles. The van der Waals surface area contributed by atoms with Crippen molar-refractivity contribution in [2.75, 3.05) is 11.1 Å². The van der Waals surface area contributed by atoms with Gasteiger partial charge in [-0.3, -0.25) is 9.78 Å². The average molecular weight is 315 g/mol. The number of carbonyl (C=O) groups excluding carboxylic acids is 1. The van der Waals surface area contributed by atoms with Crippen molar-refractivity contribution in [2.24, 2.45) is 4.99 Å². The highest BCUT2D eigenvalue weighted by Crippen LogP contribution is 2.34. The largest absolute Gasteiger partial charge is 0.325 e. The van der Waals surface area contributed by atoms with Gasteiger partial charge in [0, 0.05) is 23.8 Å². The average Bonchev–Trinajstić information content (AvgIpc) is 2.54. The molecule has 1 aromatic heterocycles. The number of aromatic nitrogens is 1. The van der Waals surface area contributed by atoms with Gasteiger partial charge in [0.15, 0.2) is 0 Å². The minimum Gasteiger partial charge on any atom is -0.325 e. The van der Waals surface area contributed by atoms with Gasteiger partial charge in [-0.2, -0.15) is 0 Å². The smallest absolute Gasteiger partial charge is 0.234 e. The molecule has 1 aliphatic rings. The van der Waals surface area contributed by atoms with Gasteiger partial charge in [0.05, 0.1) is 11.4 Å². The number of anilines is 1. The molecule has 0 spiro atoms. The van der Waals surface area contributed by atoms with Gasteiger partial charge in [-0.25, -0.2) is 4.99 Å². The number of benzene rings is 1. The molecule has 4 nitrogen and oxygen atoms in total. The zero-order valence-corrected chi connectivity index (χ0v) is 12.8. The summed E-state index contributed by atoms with van der Waals surface area (Å²) in [5.41, 5.74) is 3.01. The molecule has 0 atom stereocenters. The second-order valence-electron chi connectivity index (χ2n) is 4.37. The number of rotatable bonds is 3. The van der Waals surface area contributed by atoms with Crippen LogP contribution >= 0.6 is 23.5 Å². The van der Waals surface area contributed by atoms with Crippen LogP contribution in [0.5, 0.6) is 0 Å². The van der Waals surface area contributed by atoms with Crippen molar-refractivity contribution in [1.82, 2.24) is 4.98 Å². The van der Waals surface area contributed by atoms with Crippen molar-refractivity contribution in [3.63, 3.8) is 0 Å². The van der Waals surface area contributed by atoms with Crippen molar-refractivity contribution in [3.05, 3.63) is 54.4 Å². The van der Waals surface area contributed by atoms with Crippen LogP contribution < -0.4 is 5.32 Å². The molecule has 0 bridgehead atoms. The number of para-hydroxylation sites is 1. The zero-order valence-electron chi connectivity index (χ0n) is 11.2. The van der Waals surface area contributed by atoms with E-state index in [2.05, 4.69) is 21.4 Å². The Bertz CT molecular complexity index is 674. The summed E-state index contributed by atoms with van der Waals surface area (Å²) in [6, 6.07) is 11.6. The third kappa shape index (κ3) is 3.86. The Labute approximate surface area is 131 Å². The summed E-state index contributed by atoms with van der Waals surface area (Å²) in [5.74, 6) is 1.23. The highest BCUT2D eigenvalue weighted by molar-refractivity contribution is 8.38. The Morgan fingerprint density at radius 1 is 1.24 bits per heavy atom. The first kappa shape index (κ1) is 14.2. The van der Waals surface area contributed by atoms with Gasteiger partial charge in [0.1, 0.15) is 4.38 Å². The summed E-state index contributed by atoms with van der Waals surface area (Å²) >= 11 is 3.15. The Morgan fingerprint density at radius 2 is 2.05 bits per heavy atom. The molecular weight excluding hydrogens is 302 g/mol. The molecule has 0 fully saturated rings. The predicted octanol–water partition coefficient (Wildman–Crippen LogP) is 3.69. The van der Waals surface area contributed by atoms with Crippen LogP contribution in [0.4, 0.5) is 11.4 Å². The lowest BCUT2D eigenvalue weighted by molar-refractivity contribution is -0.113. The Hall–Kier alpha value is -1.79. The minimum atomic E-state index is -0.0339. The lowest BCUT2D eigenvalue weighted by Gasteiger charge is -2.14. The monoisotopic (exact) mass is 315 g/mol. The molecule has 0 saturated heterocycles. The van der Waals surface area contributed by atoms with Crippen LogP contribution in [0.3, 0.4) is 0 Å². The maximum absolute atomic E-state index is 11.9. The summed E-state index contributed by atoms with van der Waals surface area (Å²) in [4.78, 5) is 20.4. The molecule has 0 aliphatic carbocycles. The van der Waals surface area contributed by atoms with Gasteiger partial charge in [-0.05, 0) is 23.8 Å². The van der Waals surface area contributed by atoms with Crippen molar-refractivity contribution < 1.29 is 4.79 Å². The molecule has 1 aromatic carbocycles. The predicted molar refractivity (Wildman–Crippen MR) is 90.2 cm³/mol. The fraction of sp³-hybridized carbons (Fsp3) is 0.133. The van der Waals surface area contributed by atoms with E-state index in [1.54, 1.807) is 36.3 Å². The molecule has 106 valence electrons. The number of fused-ring (bicyclic) bond motifs is 1. The molecule has 1 aliphatic heterocycles. The first-order valence-electron chi connectivity index (χ1n) is 6.43. The van der Waals surface area contributed by atoms with Crippen LogP contribution in [-0.2, 0) is 10.5 Å². The standard InChI is InChI=1S/C15H13N3OS2/c19-14(17-12-5-7-16-8-6-12)10-21-15-18-13-4-2-1-3-11(13)9-20-15/h1-8H,9-10H2,(H,16,17,19). The third-order valence-electron chi connectivity index (χ3n) is 2.85. The number of nitrogens with one attached hydrogen (secondary N) is 1. The van der Waals surface area contributed by atoms with E-state index < -0.39 is 0 Å². The van der Waals surface area contributed by atoms with Crippen LogP contribution in [0.1, 0.15) is 5.56 Å². The number of nitrogens with zero attached hydrogens (tertiary/aromatic N) is 2. The number of hydrogen-bond acceptors (Lipinski definition) is 5. The zero-order chi connectivity index (χ0) is 14.5. The van der Waals surface area contributed by atoms with Crippen LogP contribution in [0, 0.1) is 0 Å². The Morgan fingerprint density at radius 3 is 2.90 bits per heavy atom. The summed E-state index contributed by atoms with van der Waals surface area (Å²) in [7, 11) is 0. The van der Waals surface area contributed by atoms with Gasteiger partial charge in [-0.15, -0.1) is 0 Å². The number of hydrogen-bond donors (Lipinski definition) is 1. The number of pyridine rings is 1. The van der Waals surface area contributed by atoms with Gasteiger partial charge in [0.25, 0.3) is 0 Å². The van der Waals surface area contributed by atoms with Crippen molar-refractivity contribution in [3.8, 4) is 0 Å². The number of carbonyl (C=O) groups is 1. The fourth-order valence-corrected chi connectivity index (χ4v) is 3.71. The summed E-state index contributed by atoms with van der Waals surface area (Å²) < 4.78 is 0.943. The van der Waals surface area contributed by atoms with Gasteiger partial charge in [0.2, 0.25) is 5.91 Å². The van der Waals surface area contributed by atoms with E-state index in [-0.39, 0.29) is 5.91 Å². The SMILES string of the molecule is O=C(CSC1=Nc2ccccc2CS1)Nc1ccncc1. The molecule has 1 amide bonds. The van der Waals surface area contributed by atoms with Gasteiger partial charge >= 0.3 is 0 Å². The summed E-state index contributed by atoms with van der Waals surface area (Å²) in [5, 5.41) is 2.84.